The summed E-state index contributed by atoms with van der Waals surface area (Å²) in [4.78, 5) is 6.58. The van der Waals surface area contributed by atoms with Crippen LogP contribution in [0.25, 0.3) is 11.3 Å². The maximum absolute atomic E-state index is 5.41. The number of pyridine rings is 1. The van der Waals surface area contributed by atoms with Crippen LogP contribution in [-0.4, -0.2) is 38.3 Å². The molecule has 0 unspecified atom stereocenters. The van der Waals surface area contributed by atoms with Gasteiger partial charge in [0.05, 0.1) is 17.5 Å². The van der Waals surface area contributed by atoms with Crippen LogP contribution in [-0.2, 0) is 6.54 Å². The third-order valence-corrected chi connectivity index (χ3v) is 4.71. The van der Waals surface area contributed by atoms with Gasteiger partial charge in [0.15, 0.2) is 5.76 Å². The number of piperidine rings is 1. The second-order valence-electron chi connectivity index (χ2n) is 6.44. The van der Waals surface area contributed by atoms with Gasteiger partial charge >= 0.3 is 0 Å². The second kappa shape index (κ2) is 6.57. The minimum atomic E-state index is 0.488. The predicted octanol–water partition coefficient (Wildman–Crippen LogP) is 3.15. The number of aryl methyl sites for hydroxylation is 1. The Morgan fingerprint density at radius 1 is 1.25 bits per heavy atom. The van der Waals surface area contributed by atoms with Crippen LogP contribution >= 0.6 is 0 Å². The molecule has 0 bridgehead atoms. The number of rotatable bonds is 4. The van der Waals surface area contributed by atoms with Crippen molar-refractivity contribution in [2.24, 2.45) is 0 Å². The van der Waals surface area contributed by atoms with Crippen molar-refractivity contribution < 1.29 is 4.52 Å². The lowest BCUT2D eigenvalue weighted by molar-refractivity contribution is 0.203. The molecule has 0 aromatic carbocycles. The Bertz CT molecular complexity index is 787. The van der Waals surface area contributed by atoms with Crippen LogP contribution < -0.4 is 0 Å². The van der Waals surface area contributed by atoms with Gasteiger partial charge in [-0.15, -0.1) is 0 Å². The molecule has 124 valence electrons. The van der Waals surface area contributed by atoms with Crippen molar-refractivity contribution in [2.45, 2.75) is 32.2 Å². The highest BCUT2D eigenvalue weighted by Crippen LogP contribution is 2.34. The Kier molecular flexibility index (Phi) is 4.13. The van der Waals surface area contributed by atoms with E-state index >= 15 is 0 Å². The van der Waals surface area contributed by atoms with E-state index in [4.69, 9.17) is 4.52 Å². The molecule has 1 fully saturated rings. The molecule has 0 saturated carbocycles. The van der Waals surface area contributed by atoms with Crippen molar-refractivity contribution in [1.29, 1.82) is 0 Å². The second-order valence-corrected chi connectivity index (χ2v) is 6.44. The van der Waals surface area contributed by atoms with E-state index < -0.39 is 0 Å². The number of aromatic amines is 1. The van der Waals surface area contributed by atoms with Crippen molar-refractivity contribution in [3.05, 3.63) is 53.7 Å². The van der Waals surface area contributed by atoms with E-state index in [1.165, 1.54) is 11.3 Å². The highest BCUT2D eigenvalue weighted by molar-refractivity contribution is 5.60. The molecule has 24 heavy (non-hydrogen) atoms. The van der Waals surface area contributed by atoms with Gasteiger partial charge in [-0.25, -0.2) is 0 Å². The van der Waals surface area contributed by atoms with Crippen molar-refractivity contribution in [2.75, 3.05) is 13.1 Å². The fraction of sp³-hybridized carbons (Fsp3) is 0.389. The number of hydrogen-bond donors (Lipinski definition) is 1. The number of nitrogens with one attached hydrogen (secondary N) is 1. The van der Waals surface area contributed by atoms with Gasteiger partial charge in [0.25, 0.3) is 0 Å². The minimum absolute atomic E-state index is 0.488. The highest BCUT2D eigenvalue weighted by Gasteiger charge is 2.25. The zero-order valence-corrected chi connectivity index (χ0v) is 13.8. The summed E-state index contributed by atoms with van der Waals surface area (Å²) < 4.78 is 5.41. The summed E-state index contributed by atoms with van der Waals surface area (Å²) in [5.74, 6) is 1.29. The normalized spacial score (nSPS) is 16.5. The summed E-state index contributed by atoms with van der Waals surface area (Å²) >= 11 is 0. The summed E-state index contributed by atoms with van der Waals surface area (Å²) in [7, 11) is 0. The zero-order chi connectivity index (χ0) is 16.4. The standard InChI is InChI=1S/C18H21N5O/c1-13-10-17(24-22-13)16-11-20-21-18(16)15-4-8-23(9-5-15)12-14-2-6-19-7-3-14/h2-3,6-7,10-11,15H,4-5,8-9,12H2,1H3,(H,20,21). The van der Waals surface area contributed by atoms with E-state index in [2.05, 4.69) is 37.4 Å². The number of nitrogens with zero attached hydrogens (tertiary/aromatic N) is 4. The molecule has 6 heteroatoms. The maximum atomic E-state index is 5.41. The lowest BCUT2D eigenvalue weighted by Gasteiger charge is -2.31. The first-order valence-electron chi connectivity index (χ1n) is 8.38. The van der Waals surface area contributed by atoms with E-state index in [1.54, 1.807) is 0 Å². The van der Waals surface area contributed by atoms with Crippen molar-refractivity contribution in [1.82, 2.24) is 25.2 Å². The predicted molar refractivity (Wildman–Crippen MR) is 90.3 cm³/mol. The van der Waals surface area contributed by atoms with E-state index in [0.717, 1.165) is 49.5 Å². The molecule has 1 aliphatic heterocycles. The van der Waals surface area contributed by atoms with Crippen LogP contribution in [0.5, 0.6) is 0 Å². The third kappa shape index (κ3) is 3.10. The van der Waals surface area contributed by atoms with Gasteiger partial charge < -0.3 is 4.52 Å². The van der Waals surface area contributed by atoms with Crippen LogP contribution in [0.15, 0.2) is 41.3 Å². The van der Waals surface area contributed by atoms with Gasteiger partial charge in [-0.05, 0) is 50.6 Å². The molecule has 0 spiro atoms. The van der Waals surface area contributed by atoms with E-state index in [-0.39, 0.29) is 0 Å². The Labute approximate surface area is 140 Å². The lowest BCUT2D eigenvalue weighted by Crippen LogP contribution is -2.32. The van der Waals surface area contributed by atoms with Gasteiger partial charge in [-0.3, -0.25) is 15.0 Å². The fourth-order valence-electron chi connectivity index (χ4n) is 3.42. The van der Waals surface area contributed by atoms with Crippen LogP contribution in [0.3, 0.4) is 0 Å². The topological polar surface area (TPSA) is 70.8 Å². The molecule has 1 aliphatic rings. The molecular weight excluding hydrogens is 302 g/mol. The lowest BCUT2D eigenvalue weighted by atomic mass is 9.90. The van der Waals surface area contributed by atoms with Gasteiger partial charge in [0, 0.05) is 36.6 Å². The number of likely N-dealkylation sites (tertiary alicyclic amines) is 1. The largest absolute Gasteiger partial charge is 0.356 e. The smallest absolute Gasteiger partial charge is 0.170 e. The zero-order valence-electron chi connectivity index (χ0n) is 13.8. The minimum Gasteiger partial charge on any atom is -0.356 e. The Morgan fingerprint density at radius 3 is 2.75 bits per heavy atom. The Hall–Kier alpha value is -2.47. The summed E-state index contributed by atoms with van der Waals surface area (Å²) in [6.07, 6.45) is 7.80. The van der Waals surface area contributed by atoms with Crippen LogP contribution in [0.1, 0.15) is 35.7 Å². The third-order valence-electron chi connectivity index (χ3n) is 4.71. The Balaban J connectivity index is 1.42. The maximum Gasteiger partial charge on any atom is 0.170 e. The summed E-state index contributed by atoms with van der Waals surface area (Å²) in [6.45, 7) is 5.10. The molecule has 1 N–H and O–H groups in total. The molecule has 3 aromatic rings. The van der Waals surface area contributed by atoms with Gasteiger partial charge in [-0.1, -0.05) is 5.16 Å². The highest BCUT2D eigenvalue weighted by atomic mass is 16.5. The molecular formula is C18H21N5O. The first kappa shape index (κ1) is 15.1. The van der Waals surface area contributed by atoms with Crippen LogP contribution in [0.4, 0.5) is 0 Å². The molecule has 0 aliphatic carbocycles. The van der Waals surface area contributed by atoms with Crippen molar-refractivity contribution >= 4 is 0 Å². The summed E-state index contributed by atoms with van der Waals surface area (Å²) in [5, 5.41) is 11.4. The average Bonchev–Trinajstić information content (AvgIpc) is 3.25. The number of hydrogen-bond acceptors (Lipinski definition) is 5. The van der Waals surface area contributed by atoms with E-state index in [1.807, 2.05) is 31.6 Å². The quantitative estimate of drug-likeness (QED) is 0.798. The molecule has 1 saturated heterocycles. The van der Waals surface area contributed by atoms with Gasteiger partial charge in [0.1, 0.15) is 0 Å². The SMILES string of the molecule is Cc1cc(-c2cn[nH]c2C2CCN(Cc3ccncc3)CC2)on1. The molecule has 0 amide bonds. The molecule has 0 atom stereocenters. The van der Waals surface area contributed by atoms with Crippen LogP contribution in [0, 0.1) is 6.92 Å². The molecule has 0 radical (unpaired) electrons. The molecule has 4 heterocycles. The average molecular weight is 323 g/mol. The molecule has 4 rings (SSSR count). The fourth-order valence-corrected chi connectivity index (χ4v) is 3.42. The van der Waals surface area contributed by atoms with Crippen molar-refractivity contribution in [3.8, 4) is 11.3 Å². The monoisotopic (exact) mass is 323 g/mol. The number of H-pyrrole nitrogens is 1. The van der Waals surface area contributed by atoms with Crippen molar-refractivity contribution in [3.63, 3.8) is 0 Å². The van der Waals surface area contributed by atoms with Gasteiger partial charge in [0.2, 0.25) is 0 Å². The number of aromatic nitrogens is 4. The van der Waals surface area contributed by atoms with Crippen LogP contribution in [0.2, 0.25) is 0 Å². The molecule has 3 aromatic heterocycles. The van der Waals surface area contributed by atoms with Gasteiger partial charge in [-0.2, -0.15) is 5.10 Å². The summed E-state index contributed by atoms with van der Waals surface area (Å²) in [5.41, 5.74) is 4.44. The molecule has 6 nitrogen and oxygen atoms in total. The first-order valence-corrected chi connectivity index (χ1v) is 8.38. The first-order chi connectivity index (χ1) is 11.8. The van der Waals surface area contributed by atoms with E-state index in [0.29, 0.717) is 5.92 Å². The summed E-state index contributed by atoms with van der Waals surface area (Å²) in [6, 6.07) is 6.14. The van der Waals surface area contributed by atoms with E-state index in [9.17, 15) is 0 Å². The Morgan fingerprint density at radius 2 is 2.04 bits per heavy atom.